The molecular formula is C21H16N4O4S2. The van der Waals surface area contributed by atoms with Crippen molar-refractivity contribution in [2.75, 3.05) is 11.9 Å². The lowest BCUT2D eigenvalue weighted by Gasteiger charge is -2.05. The minimum atomic E-state index is -0.498. The van der Waals surface area contributed by atoms with Gasteiger partial charge in [-0.05, 0) is 28.5 Å². The van der Waals surface area contributed by atoms with Gasteiger partial charge in [-0.1, -0.05) is 65.6 Å². The third-order valence-corrected chi connectivity index (χ3v) is 6.32. The van der Waals surface area contributed by atoms with Crippen molar-refractivity contribution in [2.24, 2.45) is 0 Å². The van der Waals surface area contributed by atoms with Crippen molar-refractivity contribution >= 4 is 50.6 Å². The van der Waals surface area contributed by atoms with Gasteiger partial charge in [-0.15, -0.1) is 10.2 Å². The molecule has 4 aromatic rings. The van der Waals surface area contributed by atoms with E-state index in [1.807, 2.05) is 18.2 Å². The fourth-order valence-electron chi connectivity index (χ4n) is 2.84. The Morgan fingerprint density at radius 1 is 1.06 bits per heavy atom. The summed E-state index contributed by atoms with van der Waals surface area (Å²) in [6, 6.07) is 20.0. The van der Waals surface area contributed by atoms with Crippen LogP contribution < -0.4 is 10.1 Å². The summed E-state index contributed by atoms with van der Waals surface area (Å²) >= 11 is 2.85. The van der Waals surface area contributed by atoms with Gasteiger partial charge in [-0.2, -0.15) is 0 Å². The SMILES string of the molecule is O=C(COc1ccc([N+](=O)[O-])cc1)Nc1nnc(SCc2cccc3ccccc23)s1. The zero-order chi connectivity index (χ0) is 21.6. The van der Waals surface area contributed by atoms with E-state index in [1.54, 1.807) is 11.8 Å². The third kappa shape index (κ3) is 5.36. The first-order chi connectivity index (χ1) is 15.1. The smallest absolute Gasteiger partial charge is 0.269 e. The molecule has 0 aliphatic carbocycles. The van der Waals surface area contributed by atoms with Gasteiger partial charge in [0.05, 0.1) is 4.92 Å². The van der Waals surface area contributed by atoms with Gasteiger partial charge < -0.3 is 4.74 Å². The van der Waals surface area contributed by atoms with Gasteiger partial charge in [0.2, 0.25) is 5.13 Å². The minimum Gasteiger partial charge on any atom is -0.484 e. The first-order valence-corrected chi connectivity index (χ1v) is 11.0. The number of nitro benzene ring substituents is 1. The molecule has 10 heteroatoms. The second-order valence-corrected chi connectivity index (χ2v) is 8.59. The largest absolute Gasteiger partial charge is 0.484 e. The molecule has 0 atom stereocenters. The van der Waals surface area contributed by atoms with Gasteiger partial charge in [0.15, 0.2) is 10.9 Å². The van der Waals surface area contributed by atoms with Gasteiger partial charge in [0.1, 0.15) is 5.75 Å². The topological polar surface area (TPSA) is 107 Å². The number of carbonyl (C=O) groups excluding carboxylic acids is 1. The molecular weight excluding hydrogens is 436 g/mol. The highest BCUT2D eigenvalue weighted by atomic mass is 32.2. The number of anilines is 1. The molecule has 156 valence electrons. The molecule has 1 amide bonds. The van der Waals surface area contributed by atoms with Crippen LogP contribution in [0.5, 0.6) is 5.75 Å². The van der Waals surface area contributed by atoms with E-state index in [-0.39, 0.29) is 18.2 Å². The maximum Gasteiger partial charge on any atom is 0.269 e. The van der Waals surface area contributed by atoms with Gasteiger partial charge in [0.25, 0.3) is 11.6 Å². The Morgan fingerprint density at radius 2 is 1.84 bits per heavy atom. The first-order valence-electron chi connectivity index (χ1n) is 9.18. The fraction of sp³-hybridized carbons (Fsp3) is 0.0952. The summed E-state index contributed by atoms with van der Waals surface area (Å²) in [5, 5.41) is 24.2. The summed E-state index contributed by atoms with van der Waals surface area (Å²) in [4.78, 5) is 22.2. The predicted molar refractivity (Wildman–Crippen MR) is 121 cm³/mol. The summed E-state index contributed by atoms with van der Waals surface area (Å²) in [6.07, 6.45) is 0. The summed E-state index contributed by atoms with van der Waals surface area (Å²) < 4.78 is 6.09. The number of ether oxygens (including phenoxy) is 1. The standard InChI is InChI=1S/C21H16N4O4S2/c26-19(12-29-17-10-8-16(9-11-17)25(27)28)22-20-23-24-21(31-20)30-13-15-6-3-5-14-4-1-2-7-18(14)15/h1-11H,12-13H2,(H,22,23,26). The second-order valence-electron chi connectivity index (χ2n) is 6.39. The molecule has 0 fully saturated rings. The highest BCUT2D eigenvalue weighted by molar-refractivity contribution is 8.00. The van der Waals surface area contributed by atoms with Gasteiger partial charge in [0, 0.05) is 17.9 Å². The maximum absolute atomic E-state index is 12.1. The normalized spacial score (nSPS) is 10.7. The number of hydrogen-bond donors (Lipinski definition) is 1. The summed E-state index contributed by atoms with van der Waals surface area (Å²) in [5.74, 6) is 0.720. The van der Waals surface area contributed by atoms with Gasteiger partial charge in [-0.3, -0.25) is 20.2 Å². The fourth-order valence-corrected chi connectivity index (χ4v) is 4.62. The van der Waals surface area contributed by atoms with E-state index in [9.17, 15) is 14.9 Å². The Morgan fingerprint density at radius 3 is 2.65 bits per heavy atom. The van der Waals surface area contributed by atoms with E-state index in [0.29, 0.717) is 10.9 Å². The number of amides is 1. The van der Waals surface area contributed by atoms with Crippen molar-refractivity contribution in [1.82, 2.24) is 10.2 Å². The summed E-state index contributed by atoms with van der Waals surface area (Å²) in [6.45, 7) is -0.240. The molecule has 1 N–H and O–H groups in total. The lowest BCUT2D eigenvalue weighted by Crippen LogP contribution is -2.20. The second kappa shape index (κ2) is 9.54. The number of nitro groups is 1. The number of thioether (sulfide) groups is 1. The predicted octanol–water partition coefficient (Wildman–Crippen LogP) is 4.91. The molecule has 4 rings (SSSR count). The molecule has 0 spiro atoms. The zero-order valence-corrected chi connectivity index (χ0v) is 17.7. The number of aromatic nitrogens is 2. The lowest BCUT2D eigenvalue weighted by molar-refractivity contribution is -0.384. The van der Waals surface area contributed by atoms with Crippen LogP contribution in [-0.4, -0.2) is 27.6 Å². The molecule has 0 aliphatic heterocycles. The molecule has 1 aromatic heterocycles. The highest BCUT2D eigenvalue weighted by Gasteiger charge is 2.11. The number of carbonyl (C=O) groups is 1. The van der Waals surface area contributed by atoms with Crippen molar-refractivity contribution in [3.8, 4) is 5.75 Å². The van der Waals surface area contributed by atoms with E-state index < -0.39 is 4.92 Å². The molecule has 0 aliphatic rings. The lowest BCUT2D eigenvalue weighted by atomic mass is 10.1. The van der Waals surface area contributed by atoms with E-state index in [0.717, 1.165) is 10.1 Å². The van der Waals surface area contributed by atoms with Crippen LogP contribution in [0.1, 0.15) is 5.56 Å². The summed E-state index contributed by atoms with van der Waals surface area (Å²) in [7, 11) is 0. The Kier molecular flexibility index (Phi) is 6.39. The van der Waals surface area contributed by atoms with Gasteiger partial charge >= 0.3 is 0 Å². The van der Waals surface area contributed by atoms with Crippen LogP contribution in [0.4, 0.5) is 10.8 Å². The van der Waals surface area contributed by atoms with E-state index in [1.165, 1.54) is 51.9 Å². The monoisotopic (exact) mass is 452 g/mol. The highest BCUT2D eigenvalue weighted by Crippen LogP contribution is 2.30. The number of non-ortho nitro benzene ring substituents is 1. The number of nitrogens with one attached hydrogen (secondary N) is 1. The molecule has 1 heterocycles. The van der Waals surface area contributed by atoms with E-state index >= 15 is 0 Å². The van der Waals surface area contributed by atoms with Crippen LogP contribution in [0.15, 0.2) is 71.1 Å². The quantitative estimate of drug-likeness (QED) is 0.175. The van der Waals surface area contributed by atoms with Crippen molar-refractivity contribution in [3.63, 3.8) is 0 Å². The molecule has 8 nitrogen and oxygen atoms in total. The van der Waals surface area contributed by atoms with Crippen LogP contribution in [0.3, 0.4) is 0 Å². The van der Waals surface area contributed by atoms with Crippen LogP contribution in [0.2, 0.25) is 0 Å². The molecule has 0 saturated heterocycles. The Labute approximate surface area is 185 Å². The number of benzene rings is 3. The first kappa shape index (κ1) is 20.8. The maximum atomic E-state index is 12.1. The molecule has 3 aromatic carbocycles. The van der Waals surface area contributed by atoms with Crippen LogP contribution >= 0.6 is 23.1 Å². The summed E-state index contributed by atoms with van der Waals surface area (Å²) in [5.41, 5.74) is 1.17. The molecule has 0 unspecified atom stereocenters. The number of rotatable bonds is 8. The molecule has 0 saturated carbocycles. The Bertz CT molecular complexity index is 1220. The Balaban J connectivity index is 1.29. The number of hydrogen-bond acceptors (Lipinski definition) is 8. The van der Waals surface area contributed by atoms with Crippen molar-refractivity contribution in [2.45, 2.75) is 10.1 Å². The average Bonchev–Trinajstić information content (AvgIpc) is 3.23. The zero-order valence-electron chi connectivity index (χ0n) is 16.1. The number of nitrogens with zero attached hydrogens (tertiary/aromatic N) is 3. The van der Waals surface area contributed by atoms with E-state index in [4.69, 9.17) is 4.74 Å². The third-order valence-electron chi connectivity index (χ3n) is 4.30. The van der Waals surface area contributed by atoms with Crippen molar-refractivity contribution in [3.05, 3.63) is 82.4 Å². The van der Waals surface area contributed by atoms with Crippen LogP contribution in [-0.2, 0) is 10.5 Å². The average molecular weight is 453 g/mol. The minimum absolute atomic E-state index is 0.0424. The molecule has 31 heavy (non-hydrogen) atoms. The molecule has 0 bridgehead atoms. The molecule has 0 radical (unpaired) electrons. The van der Waals surface area contributed by atoms with Gasteiger partial charge in [-0.25, -0.2) is 0 Å². The van der Waals surface area contributed by atoms with Crippen LogP contribution in [0.25, 0.3) is 10.8 Å². The van der Waals surface area contributed by atoms with Crippen LogP contribution in [0, 0.1) is 10.1 Å². The number of fused-ring (bicyclic) bond motifs is 1. The van der Waals surface area contributed by atoms with Crippen molar-refractivity contribution in [1.29, 1.82) is 0 Å². The van der Waals surface area contributed by atoms with E-state index in [2.05, 4.69) is 39.8 Å². The Hall–Kier alpha value is -3.50. The van der Waals surface area contributed by atoms with Crippen molar-refractivity contribution < 1.29 is 14.5 Å².